The largest absolute Gasteiger partial charge is 0.386 e. The van der Waals surface area contributed by atoms with E-state index in [1.165, 1.54) is 0 Å². The third kappa shape index (κ3) is 19.7. The number of ether oxygens (including phenoxy) is 2. The minimum absolute atomic E-state index is 0.0801. The van der Waals surface area contributed by atoms with Crippen molar-refractivity contribution in [3.8, 4) is 0 Å². The standard InChI is InChI=1S/C36H60N14O4/c1-27(39)45-47-35(41)31-7-3-29(4-8-31)25-33(51)44-15-18-50(34(52)26-30-5-9-32(10-6-30)36(42)48-46-28(2)40)17-14-43-13-16-49(19-23-53-21-11-37)20-24-54-22-12-38/h3-10,43H,11-26,37-38H2,1-2H3,(H2,39,45)(H2,40,46)(H2,41,47)(H2,42,48)(H,44,51). The van der Waals surface area contributed by atoms with E-state index in [2.05, 4.69) is 35.9 Å². The van der Waals surface area contributed by atoms with Gasteiger partial charge in [0, 0.05) is 76.6 Å². The van der Waals surface area contributed by atoms with Gasteiger partial charge in [-0.1, -0.05) is 48.5 Å². The van der Waals surface area contributed by atoms with Crippen molar-refractivity contribution in [2.45, 2.75) is 26.7 Å². The number of hydrogen-bond donors (Lipinski definition) is 8. The molecule has 0 heterocycles. The maximum atomic E-state index is 13.6. The molecule has 2 aromatic rings. The van der Waals surface area contributed by atoms with Crippen LogP contribution in [0.25, 0.3) is 0 Å². The van der Waals surface area contributed by atoms with Crippen LogP contribution in [-0.4, -0.2) is 137 Å². The molecule has 0 spiro atoms. The summed E-state index contributed by atoms with van der Waals surface area (Å²) >= 11 is 0. The highest BCUT2D eigenvalue weighted by molar-refractivity contribution is 5.98. The van der Waals surface area contributed by atoms with E-state index < -0.39 is 0 Å². The van der Waals surface area contributed by atoms with E-state index in [0.29, 0.717) is 88.5 Å². The fourth-order valence-electron chi connectivity index (χ4n) is 4.86. The van der Waals surface area contributed by atoms with Gasteiger partial charge in [0.1, 0.15) is 11.7 Å². The van der Waals surface area contributed by atoms with E-state index in [1.54, 1.807) is 55.1 Å². The second-order valence-electron chi connectivity index (χ2n) is 12.3. The Bertz CT molecular complexity index is 1490. The number of nitrogens with two attached hydrogens (primary N) is 6. The molecule has 0 bridgehead atoms. The molecule has 14 N–H and O–H groups in total. The summed E-state index contributed by atoms with van der Waals surface area (Å²) in [5.74, 6) is 0.764. The average Bonchev–Trinajstić information content (AvgIpc) is 3.15. The summed E-state index contributed by atoms with van der Waals surface area (Å²) in [6, 6.07) is 14.4. The number of benzene rings is 2. The Morgan fingerprint density at radius 1 is 0.611 bits per heavy atom. The molecule has 2 aromatic carbocycles. The molecule has 18 heteroatoms. The van der Waals surface area contributed by atoms with Crippen molar-refractivity contribution in [3.05, 3.63) is 70.8 Å². The molecule has 0 aliphatic carbocycles. The van der Waals surface area contributed by atoms with E-state index in [-0.39, 0.29) is 42.9 Å². The Morgan fingerprint density at radius 2 is 1.07 bits per heavy atom. The predicted molar refractivity (Wildman–Crippen MR) is 215 cm³/mol. The van der Waals surface area contributed by atoms with E-state index in [4.69, 9.17) is 43.9 Å². The van der Waals surface area contributed by atoms with Crippen LogP contribution in [-0.2, 0) is 31.9 Å². The van der Waals surface area contributed by atoms with Crippen LogP contribution in [0.3, 0.4) is 0 Å². The van der Waals surface area contributed by atoms with Gasteiger partial charge in [-0.15, -0.1) is 20.4 Å². The number of amides is 2. The van der Waals surface area contributed by atoms with Crippen LogP contribution < -0.4 is 45.0 Å². The van der Waals surface area contributed by atoms with Gasteiger partial charge in [-0.25, -0.2) is 0 Å². The molecule has 0 aliphatic heterocycles. The predicted octanol–water partition coefficient (Wildman–Crippen LogP) is -1.75. The first kappa shape index (κ1) is 45.2. The molecular weight excluding hydrogens is 692 g/mol. The van der Waals surface area contributed by atoms with Crippen molar-refractivity contribution in [1.29, 1.82) is 0 Å². The number of carbonyl (C=O) groups excluding carboxylic acids is 2. The lowest BCUT2D eigenvalue weighted by molar-refractivity contribution is -0.131. The van der Waals surface area contributed by atoms with Gasteiger partial charge in [-0.05, 0) is 25.0 Å². The van der Waals surface area contributed by atoms with E-state index >= 15 is 0 Å². The summed E-state index contributed by atoms with van der Waals surface area (Å²) in [4.78, 5) is 30.4. The molecule has 0 aliphatic rings. The summed E-state index contributed by atoms with van der Waals surface area (Å²) in [6.45, 7) is 10.9. The summed E-state index contributed by atoms with van der Waals surface area (Å²) < 4.78 is 11.1. The topological polar surface area (TPSA) is 289 Å². The fourth-order valence-corrected chi connectivity index (χ4v) is 4.86. The van der Waals surface area contributed by atoms with Gasteiger partial charge >= 0.3 is 0 Å². The smallest absolute Gasteiger partial charge is 0.227 e. The Morgan fingerprint density at radius 3 is 1.56 bits per heavy atom. The van der Waals surface area contributed by atoms with Crippen molar-refractivity contribution < 1.29 is 19.1 Å². The fraction of sp³-hybridized carbons (Fsp3) is 0.500. The van der Waals surface area contributed by atoms with Gasteiger partial charge in [0.05, 0.1) is 39.3 Å². The number of amidine groups is 4. The maximum absolute atomic E-state index is 13.6. The molecule has 0 saturated heterocycles. The number of rotatable bonds is 27. The van der Waals surface area contributed by atoms with Gasteiger partial charge in [0.2, 0.25) is 11.8 Å². The Balaban J connectivity index is 2.00. The Kier molecular flexibility index (Phi) is 22.4. The van der Waals surface area contributed by atoms with Gasteiger partial charge in [0.25, 0.3) is 0 Å². The van der Waals surface area contributed by atoms with Crippen LogP contribution in [0, 0.1) is 0 Å². The van der Waals surface area contributed by atoms with Crippen molar-refractivity contribution in [3.63, 3.8) is 0 Å². The second-order valence-corrected chi connectivity index (χ2v) is 12.3. The molecule has 0 fully saturated rings. The summed E-state index contributed by atoms with van der Waals surface area (Å²) in [6.07, 6.45) is 0.326. The third-order valence-corrected chi connectivity index (χ3v) is 7.70. The molecule has 2 amide bonds. The van der Waals surface area contributed by atoms with E-state index in [1.807, 2.05) is 12.1 Å². The van der Waals surface area contributed by atoms with Crippen LogP contribution in [0.5, 0.6) is 0 Å². The van der Waals surface area contributed by atoms with Crippen molar-refractivity contribution in [2.75, 3.05) is 91.9 Å². The lowest BCUT2D eigenvalue weighted by Gasteiger charge is -2.25. The minimum Gasteiger partial charge on any atom is -0.386 e. The maximum Gasteiger partial charge on any atom is 0.227 e. The highest BCUT2D eigenvalue weighted by Gasteiger charge is 2.15. The number of nitrogens with zero attached hydrogens (tertiary/aromatic N) is 6. The summed E-state index contributed by atoms with van der Waals surface area (Å²) in [7, 11) is 0. The van der Waals surface area contributed by atoms with Crippen molar-refractivity contribution in [2.24, 2.45) is 54.8 Å². The monoisotopic (exact) mass is 752 g/mol. The average molecular weight is 753 g/mol. The molecule has 54 heavy (non-hydrogen) atoms. The van der Waals surface area contributed by atoms with Crippen LogP contribution in [0.2, 0.25) is 0 Å². The Labute approximate surface area is 318 Å². The number of carbonyl (C=O) groups is 2. The van der Waals surface area contributed by atoms with Gasteiger partial charge in [0.15, 0.2) is 11.7 Å². The second kappa shape index (κ2) is 26.7. The normalized spacial score (nSPS) is 12.7. The first-order valence-electron chi connectivity index (χ1n) is 18.0. The lowest BCUT2D eigenvalue weighted by atomic mass is 10.1. The van der Waals surface area contributed by atoms with Crippen LogP contribution in [0.4, 0.5) is 0 Å². The lowest BCUT2D eigenvalue weighted by Crippen LogP contribution is -2.44. The van der Waals surface area contributed by atoms with Gasteiger partial charge in [-0.3, -0.25) is 14.5 Å². The highest BCUT2D eigenvalue weighted by Crippen LogP contribution is 2.08. The molecule has 0 saturated carbocycles. The number of nitrogens with one attached hydrogen (secondary N) is 2. The first-order chi connectivity index (χ1) is 26.0. The van der Waals surface area contributed by atoms with Crippen molar-refractivity contribution >= 4 is 35.2 Å². The molecule has 0 atom stereocenters. The molecule has 0 aromatic heterocycles. The highest BCUT2D eigenvalue weighted by atomic mass is 16.5. The zero-order valence-corrected chi connectivity index (χ0v) is 31.7. The van der Waals surface area contributed by atoms with Crippen LogP contribution in [0.1, 0.15) is 36.1 Å². The van der Waals surface area contributed by atoms with Crippen molar-refractivity contribution in [1.82, 2.24) is 20.4 Å². The minimum atomic E-state index is -0.173. The van der Waals surface area contributed by atoms with E-state index in [0.717, 1.165) is 30.8 Å². The molecule has 18 nitrogen and oxygen atoms in total. The van der Waals surface area contributed by atoms with Gasteiger partial charge in [-0.2, -0.15) is 0 Å². The first-order valence-corrected chi connectivity index (χ1v) is 18.0. The number of hydrogen-bond acceptors (Lipinski definition) is 12. The van der Waals surface area contributed by atoms with Crippen LogP contribution >= 0.6 is 0 Å². The zero-order chi connectivity index (χ0) is 39.6. The summed E-state index contributed by atoms with van der Waals surface area (Å²) in [5.41, 5.74) is 37.0. The molecule has 0 radical (unpaired) electrons. The molecule has 0 unspecified atom stereocenters. The van der Waals surface area contributed by atoms with E-state index in [9.17, 15) is 9.59 Å². The quantitative estimate of drug-likeness (QED) is 0.0218. The molecular formula is C36H60N14O4. The van der Waals surface area contributed by atoms with Gasteiger partial charge < -0.3 is 59.4 Å². The zero-order valence-electron chi connectivity index (χ0n) is 31.7. The van der Waals surface area contributed by atoms with Crippen LogP contribution in [0.15, 0.2) is 68.9 Å². The molecule has 2 rings (SSSR count). The molecule has 298 valence electrons. The Hall–Kier alpha value is -4.98. The third-order valence-electron chi connectivity index (χ3n) is 7.70. The SMILES string of the molecule is C/C(N)=N/N=C(\N)c1ccc(CC(=O)NCCN(CCNCCN(CCOCCN)CCOCCN)C(=O)Cc2ccc(/C(N)=N/N=C(/C)N)cc2)cc1. The summed E-state index contributed by atoms with van der Waals surface area (Å²) in [5, 5.41) is 21.7.